The molecule has 0 aromatic carbocycles. The second-order valence-corrected chi connectivity index (χ2v) is 9.23. The standard InChI is InChI=1S/C9H23NSi2/c1-2-7-10(12-8-11)9-5-3-4-6-9/h9H,2-8,12H2,1,11H3. The summed E-state index contributed by atoms with van der Waals surface area (Å²) in [5, 5.41) is 0. The molecule has 1 rings (SSSR count). The zero-order valence-corrected chi connectivity index (χ0v) is 12.1. The van der Waals surface area contributed by atoms with Crippen LogP contribution in [0.2, 0.25) is 5.67 Å². The molecule has 0 amide bonds. The molecule has 0 unspecified atom stereocenters. The van der Waals surface area contributed by atoms with E-state index in [-0.39, 0.29) is 9.68 Å². The van der Waals surface area contributed by atoms with Crippen molar-refractivity contribution in [2.45, 2.75) is 50.7 Å². The van der Waals surface area contributed by atoms with Crippen LogP contribution >= 0.6 is 0 Å². The molecule has 0 saturated heterocycles. The molecule has 12 heavy (non-hydrogen) atoms. The van der Waals surface area contributed by atoms with Gasteiger partial charge >= 0.3 is 0 Å². The Bertz CT molecular complexity index is 107. The molecule has 1 fully saturated rings. The Balaban J connectivity index is 2.29. The molecule has 0 heterocycles. The molecular weight excluding hydrogens is 178 g/mol. The molecule has 1 saturated carbocycles. The highest BCUT2D eigenvalue weighted by atomic mass is 28.3. The second kappa shape index (κ2) is 5.94. The SMILES string of the molecule is CCCN([SiH2]C[SiH3])C1CCCC1. The van der Waals surface area contributed by atoms with E-state index in [4.69, 9.17) is 0 Å². The summed E-state index contributed by atoms with van der Waals surface area (Å²) >= 11 is 0. The minimum absolute atomic E-state index is 0.190. The lowest BCUT2D eigenvalue weighted by atomic mass is 10.2. The zero-order chi connectivity index (χ0) is 8.81. The average molecular weight is 201 g/mol. The van der Waals surface area contributed by atoms with Crippen molar-refractivity contribution in [3.8, 4) is 0 Å². The van der Waals surface area contributed by atoms with Crippen LogP contribution in [0.15, 0.2) is 0 Å². The summed E-state index contributed by atoms with van der Waals surface area (Å²) in [5.74, 6) is 0. The summed E-state index contributed by atoms with van der Waals surface area (Å²) in [7, 11) is 1.63. The van der Waals surface area contributed by atoms with Crippen LogP contribution in [0, 0.1) is 0 Å². The normalized spacial score (nSPS) is 20.5. The van der Waals surface area contributed by atoms with Gasteiger partial charge in [-0.2, -0.15) is 0 Å². The first-order chi connectivity index (χ1) is 5.88. The van der Waals surface area contributed by atoms with E-state index in [1.807, 2.05) is 0 Å². The number of hydrogen-bond acceptors (Lipinski definition) is 1. The van der Waals surface area contributed by atoms with E-state index < -0.39 is 0 Å². The summed E-state index contributed by atoms with van der Waals surface area (Å²) in [6.45, 7) is 3.72. The molecule has 0 bridgehead atoms. The van der Waals surface area contributed by atoms with Crippen LogP contribution in [0.4, 0.5) is 0 Å². The first-order valence-electron chi connectivity index (χ1n) is 5.62. The number of hydrogen-bond donors (Lipinski definition) is 0. The fourth-order valence-corrected chi connectivity index (χ4v) is 5.89. The van der Waals surface area contributed by atoms with Crippen molar-refractivity contribution in [1.82, 2.24) is 4.57 Å². The molecule has 1 aliphatic carbocycles. The molecule has 0 spiro atoms. The van der Waals surface area contributed by atoms with Crippen molar-refractivity contribution >= 4 is 19.9 Å². The highest BCUT2D eigenvalue weighted by Crippen LogP contribution is 2.22. The van der Waals surface area contributed by atoms with E-state index in [0.717, 1.165) is 6.04 Å². The van der Waals surface area contributed by atoms with E-state index >= 15 is 0 Å². The minimum Gasteiger partial charge on any atom is -0.327 e. The predicted molar refractivity (Wildman–Crippen MR) is 62.5 cm³/mol. The number of nitrogens with zero attached hydrogens (tertiary/aromatic N) is 1. The lowest BCUT2D eigenvalue weighted by molar-refractivity contribution is 0.335. The van der Waals surface area contributed by atoms with Crippen molar-refractivity contribution in [2.24, 2.45) is 0 Å². The highest BCUT2D eigenvalue weighted by molar-refractivity contribution is 6.44. The van der Waals surface area contributed by atoms with Gasteiger partial charge < -0.3 is 4.57 Å². The van der Waals surface area contributed by atoms with Crippen LogP contribution in [-0.4, -0.2) is 37.1 Å². The number of rotatable bonds is 5. The quantitative estimate of drug-likeness (QED) is 0.585. The van der Waals surface area contributed by atoms with Crippen molar-refractivity contribution in [3.05, 3.63) is 0 Å². The zero-order valence-electron chi connectivity index (χ0n) is 8.68. The van der Waals surface area contributed by atoms with Gasteiger partial charge in [0, 0.05) is 16.3 Å². The molecule has 0 aromatic rings. The van der Waals surface area contributed by atoms with Crippen LogP contribution in [-0.2, 0) is 0 Å². The summed E-state index contributed by atoms with van der Waals surface area (Å²) in [5.41, 5.74) is 1.59. The summed E-state index contributed by atoms with van der Waals surface area (Å²) in [6.07, 6.45) is 7.38. The summed E-state index contributed by atoms with van der Waals surface area (Å²) < 4.78 is 2.88. The van der Waals surface area contributed by atoms with Crippen LogP contribution in [0.5, 0.6) is 0 Å². The fourth-order valence-electron chi connectivity index (χ4n) is 2.32. The molecule has 3 heteroatoms. The van der Waals surface area contributed by atoms with E-state index in [0.29, 0.717) is 0 Å². The molecule has 0 aromatic heterocycles. The average Bonchev–Trinajstić information content (AvgIpc) is 2.56. The Hall–Kier alpha value is 0.394. The van der Waals surface area contributed by atoms with Gasteiger partial charge in [-0.3, -0.25) is 0 Å². The third kappa shape index (κ3) is 3.03. The first kappa shape index (κ1) is 10.5. The molecule has 1 aliphatic rings. The summed E-state index contributed by atoms with van der Waals surface area (Å²) in [6, 6.07) is 1.02. The third-order valence-electron chi connectivity index (χ3n) is 2.86. The molecule has 0 radical (unpaired) electrons. The Kier molecular flexibility index (Phi) is 5.19. The van der Waals surface area contributed by atoms with E-state index in [1.54, 1.807) is 5.67 Å². The monoisotopic (exact) mass is 201 g/mol. The Morgan fingerprint density at radius 1 is 1.42 bits per heavy atom. The first-order valence-corrected chi connectivity index (χ1v) is 8.67. The van der Waals surface area contributed by atoms with Crippen molar-refractivity contribution < 1.29 is 0 Å². The van der Waals surface area contributed by atoms with E-state index in [9.17, 15) is 0 Å². The molecule has 72 valence electrons. The van der Waals surface area contributed by atoms with Gasteiger partial charge in [-0.1, -0.05) is 25.4 Å². The van der Waals surface area contributed by atoms with Gasteiger partial charge in [0.25, 0.3) is 0 Å². The predicted octanol–water partition coefficient (Wildman–Crippen LogP) is 0.466. The van der Waals surface area contributed by atoms with Crippen LogP contribution < -0.4 is 0 Å². The largest absolute Gasteiger partial charge is 0.327 e. The highest BCUT2D eigenvalue weighted by Gasteiger charge is 2.20. The van der Waals surface area contributed by atoms with Gasteiger partial charge in [-0.15, -0.1) is 0 Å². The lowest BCUT2D eigenvalue weighted by Gasteiger charge is -2.27. The van der Waals surface area contributed by atoms with E-state index in [2.05, 4.69) is 11.5 Å². The van der Waals surface area contributed by atoms with Crippen molar-refractivity contribution in [3.63, 3.8) is 0 Å². The molecule has 1 nitrogen and oxygen atoms in total. The Labute approximate surface area is 82.2 Å². The van der Waals surface area contributed by atoms with Crippen LogP contribution in [0.1, 0.15) is 39.0 Å². The Morgan fingerprint density at radius 2 is 2.08 bits per heavy atom. The summed E-state index contributed by atoms with van der Waals surface area (Å²) in [4.78, 5) is 0. The van der Waals surface area contributed by atoms with Gasteiger partial charge in [-0.25, -0.2) is 0 Å². The maximum atomic E-state index is 2.88. The van der Waals surface area contributed by atoms with Gasteiger partial charge in [-0.05, 0) is 25.8 Å². The topological polar surface area (TPSA) is 3.24 Å². The Morgan fingerprint density at radius 3 is 2.58 bits per heavy atom. The van der Waals surface area contributed by atoms with Crippen LogP contribution in [0.25, 0.3) is 0 Å². The molecule has 0 N–H and O–H groups in total. The van der Waals surface area contributed by atoms with Gasteiger partial charge in [0.1, 0.15) is 0 Å². The van der Waals surface area contributed by atoms with E-state index in [1.165, 1.54) is 48.9 Å². The van der Waals surface area contributed by atoms with Gasteiger partial charge in [0.15, 0.2) is 0 Å². The maximum absolute atomic E-state index is 2.88. The maximum Gasteiger partial charge on any atom is 0.0920 e. The third-order valence-corrected chi connectivity index (χ3v) is 6.06. The molecular formula is C9H23NSi2. The van der Waals surface area contributed by atoms with Gasteiger partial charge in [0.2, 0.25) is 0 Å². The fraction of sp³-hybridized carbons (Fsp3) is 1.00. The lowest BCUT2D eigenvalue weighted by Crippen LogP contribution is -2.37. The minimum atomic E-state index is 0.190. The molecule has 0 atom stereocenters. The smallest absolute Gasteiger partial charge is 0.0920 e. The van der Waals surface area contributed by atoms with Gasteiger partial charge in [0.05, 0.1) is 9.68 Å². The second-order valence-electron chi connectivity index (χ2n) is 3.97. The van der Waals surface area contributed by atoms with Crippen molar-refractivity contribution in [1.29, 1.82) is 0 Å². The molecule has 0 aliphatic heterocycles. The van der Waals surface area contributed by atoms with Crippen molar-refractivity contribution in [2.75, 3.05) is 6.54 Å². The van der Waals surface area contributed by atoms with Crippen LogP contribution in [0.3, 0.4) is 0 Å².